The third kappa shape index (κ3) is 5.20. The topological polar surface area (TPSA) is 67.2 Å². The first-order valence-corrected chi connectivity index (χ1v) is 8.86. The summed E-state index contributed by atoms with van der Waals surface area (Å²) < 4.78 is 17.9. The lowest BCUT2D eigenvalue weighted by Gasteiger charge is -2.06. The van der Waals surface area contributed by atoms with Crippen LogP contribution in [0.25, 0.3) is 0 Å². The van der Waals surface area contributed by atoms with Gasteiger partial charge in [0.25, 0.3) is 0 Å². The molecule has 0 amide bonds. The van der Waals surface area contributed by atoms with Crippen LogP contribution in [0.1, 0.15) is 27.2 Å². The molecule has 2 N–H and O–H groups in total. The van der Waals surface area contributed by atoms with Gasteiger partial charge in [-0.15, -0.1) is 0 Å². The predicted octanol–water partition coefficient (Wildman–Crippen LogP) is 3.45. The molecule has 27 heavy (non-hydrogen) atoms. The minimum atomic E-state index is -1.02. The van der Waals surface area contributed by atoms with Crippen LogP contribution in [-0.4, -0.2) is 20.9 Å². The molecule has 3 aromatic rings. The molecule has 0 saturated heterocycles. The van der Waals surface area contributed by atoms with Crippen molar-refractivity contribution >= 4 is 17.9 Å². The molecule has 0 spiro atoms. The first-order chi connectivity index (χ1) is 13.0. The molecular formula is C20H16FN3O2S. The van der Waals surface area contributed by atoms with Crippen LogP contribution in [0.15, 0.2) is 59.6 Å². The van der Waals surface area contributed by atoms with Gasteiger partial charge < -0.3 is 5.11 Å². The van der Waals surface area contributed by atoms with E-state index < -0.39 is 5.97 Å². The fraction of sp³-hybridized carbons (Fsp3) is 0.100. The lowest BCUT2D eigenvalue weighted by atomic mass is 10.1. The van der Waals surface area contributed by atoms with Crippen molar-refractivity contribution in [3.63, 3.8) is 0 Å². The molecule has 0 fully saturated rings. The highest BCUT2D eigenvalue weighted by Crippen LogP contribution is 2.22. The average Bonchev–Trinajstić information content (AvgIpc) is 3.07. The predicted molar refractivity (Wildman–Crippen MR) is 102 cm³/mol. The SMILES string of the molecule is Cn1ccc(CNSc2ccc(C(=O)O)cc2C#Cc2ccc(F)cc2)n1. The van der Waals surface area contributed by atoms with Crippen molar-refractivity contribution in [3.05, 3.63) is 82.9 Å². The number of carbonyl (C=O) groups is 1. The Morgan fingerprint density at radius 2 is 2.00 bits per heavy atom. The van der Waals surface area contributed by atoms with Crippen molar-refractivity contribution in [3.8, 4) is 11.8 Å². The number of nitrogens with zero attached hydrogens (tertiary/aromatic N) is 2. The molecular weight excluding hydrogens is 365 g/mol. The van der Waals surface area contributed by atoms with E-state index in [1.54, 1.807) is 22.9 Å². The number of hydrogen-bond acceptors (Lipinski definition) is 4. The fourth-order valence-electron chi connectivity index (χ4n) is 2.27. The van der Waals surface area contributed by atoms with Crippen LogP contribution in [0.5, 0.6) is 0 Å². The van der Waals surface area contributed by atoms with Crippen molar-refractivity contribution in [2.24, 2.45) is 7.05 Å². The Labute approximate surface area is 160 Å². The Kier molecular flexibility index (Phi) is 5.91. The number of nitrogens with one attached hydrogen (secondary N) is 1. The van der Waals surface area contributed by atoms with E-state index in [2.05, 4.69) is 21.7 Å². The summed E-state index contributed by atoms with van der Waals surface area (Å²) in [5, 5.41) is 13.5. The number of carboxylic acids is 1. The van der Waals surface area contributed by atoms with Gasteiger partial charge in [0, 0.05) is 29.3 Å². The van der Waals surface area contributed by atoms with Gasteiger partial charge in [-0.1, -0.05) is 11.8 Å². The maximum Gasteiger partial charge on any atom is 0.335 e. The van der Waals surface area contributed by atoms with Gasteiger partial charge in [-0.3, -0.25) is 9.40 Å². The van der Waals surface area contributed by atoms with Crippen LogP contribution >= 0.6 is 11.9 Å². The lowest BCUT2D eigenvalue weighted by Crippen LogP contribution is -2.05. The Balaban J connectivity index is 1.80. The van der Waals surface area contributed by atoms with E-state index in [-0.39, 0.29) is 11.4 Å². The molecule has 3 rings (SSSR count). The molecule has 0 aliphatic rings. The molecule has 5 nitrogen and oxygen atoms in total. The van der Waals surface area contributed by atoms with Crippen LogP contribution in [0.2, 0.25) is 0 Å². The number of halogens is 1. The van der Waals surface area contributed by atoms with Crippen molar-refractivity contribution in [2.75, 3.05) is 0 Å². The summed E-state index contributed by atoms with van der Waals surface area (Å²) in [7, 11) is 1.85. The number of aromatic nitrogens is 2. The number of carboxylic acid groups (broad SMARTS) is 1. The highest BCUT2D eigenvalue weighted by Gasteiger charge is 2.08. The minimum absolute atomic E-state index is 0.160. The van der Waals surface area contributed by atoms with E-state index in [9.17, 15) is 14.3 Å². The minimum Gasteiger partial charge on any atom is -0.478 e. The zero-order valence-electron chi connectivity index (χ0n) is 14.4. The van der Waals surface area contributed by atoms with Crippen LogP contribution in [0.4, 0.5) is 4.39 Å². The standard InChI is InChI=1S/C20H16FN3O2S/c1-24-11-10-18(23-24)13-22-27-19-9-6-16(20(25)26)12-15(19)5-2-14-3-7-17(21)8-4-14/h3-4,6-12,22H,13H2,1H3,(H,25,26). The van der Waals surface area contributed by atoms with E-state index in [1.165, 1.54) is 36.2 Å². The molecule has 7 heteroatoms. The third-order valence-corrected chi connectivity index (χ3v) is 4.48. The number of hydrogen-bond donors (Lipinski definition) is 2. The average molecular weight is 381 g/mol. The van der Waals surface area contributed by atoms with Gasteiger partial charge in [0.2, 0.25) is 0 Å². The van der Waals surface area contributed by atoms with Crippen molar-refractivity contribution < 1.29 is 14.3 Å². The highest BCUT2D eigenvalue weighted by molar-refractivity contribution is 7.97. The van der Waals surface area contributed by atoms with Gasteiger partial charge in [-0.25, -0.2) is 9.18 Å². The second-order valence-electron chi connectivity index (χ2n) is 5.68. The first-order valence-electron chi connectivity index (χ1n) is 8.04. The van der Waals surface area contributed by atoms with Crippen molar-refractivity contribution in [1.82, 2.24) is 14.5 Å². The fourth-order valence-corrected chi connectivity index (χ4v) is 3.00. The second-order valence-corrected chi connectivity index (χ2v) is 6.61. The zero-order chi connectivity index (χ0) is 19.2. The molecule has 0 radical (unpaired) electrons. The van der Waals surface area contributed by atoms with Crippen LogP contribution < -0.4 is 4.72 Å². The molecule has 0 aliphatic carbocycles. The van der Waals surface area contributed by atoms with Gasteiger partial charge in [0.05, 0.1) is 17.8 Å². The number of aromatic carboxylic acids is 1. The first kappa shape index (κ1) is 18.7. The quantitative estimate of drug-likeness (QED) is 0.523. The molecule has 0 aliphatic heterocycles. The Hall–Kier alpha value is -3.08. The smallest absolute Gasteiger partial charge is 0.335 e. The molecule has 0 atom stereocenters. The van der Waals surface area contributed by atoms with Crippen LogP contribution in [-0.2, 0) is 13.6 Å². The Morgan fingerprint density at radius 3 is 2.67 bits per heavy atom. The summed E-state index contributed by atoms with van der Waals surface area (Å²) in [5.74, 6) is 4.57. The number of aryl methyl sites for hydroxylation is 1. The summed E-state index contributed by atoms with van der Waals surface area (Å²) in [6.07, 6.45) is 1.86. The van der Waals surface area contributed by atoms with Crippen LogP contribution in [0.3, 0.4) is 0 Å². The van der Waals surface area contributed by atoms with Gasteiger partial charge >= 0.3 is 5.97 Å². The highest BCUT2D eigenvalue weighted by atomic mass is 32.2. The van der Waals surface area contributed by atoms with E-state index in [0.29, 0.717) is 17.7 Å². The van der Waals surface area contributed by atoms with Crippen LogP contribution in [0, 0.1) is 17.7 Å². The maximum atomic E-state index is 13.0. The van der Waals surface area contributed by atoms with E-state index in [4.69, 9.17) is 0 Å². The summed E-state index contributed by atoms with van der Waals surface area (Å²) in [4.78, 5) is 12.1. The summed E-state index contributed by atoms with van der Waals surface area (Å²) in [5.41, 5.74) is 2.28. The van der Waals surface area contributed by atoms with Crippen molar-refractivity contribution in [2.45, 2.75) is 11.4 Å². The molecule has 136 valence electrons. The number of benzene rings is 2. The van der Waals surface area contributed by atoms with Gasteiger partial charge in [0.15, 0.2) is 0 Å². The zero-order valence-corrected chi connectivity index (χ0v) is 15.3. The summed E-state index contributed by atoms with van der Waals surface area (Å²) >= 11 is 1.35. The van der Waals surface area contributed by atoms with Gasteiger partial charge in [0.1, 0.15) is 5.82 Å². The molecule has 2 aromatic carbocycles. The van der Waals surface area contributed by atoms with E-state index in [0.717, 1.165) is 10.6 Å². The molecule has 0 unspecified atom stereocenters. The Morgan fingerprint density at radius 1 is 1.22 bits per heavy atom. The summed E-state index contributed by atoms with van der Waals surface area (Å²) in [6, 6.07) is 12.5. The van der Waals surface area contributed by atoms with E-state index >= 15 is 0 Å². The largest absolute Gasteiger partial charge is 0.478 e. The molecule has 1 heterocycles. The van der Waals surface area contributed by atoms with E-state index in [1.807, 2.05) is 19.3 Å². The lowest BCUT2D eigenvalue weighted by molar-refractivity contribution is 0.0696. The van der Waals surface area contributed by atoms with Gasteiger partial charge in [-0.2, -0.15) is 5.10 Å². The second kappa shape index (κ2) is 8.54. The van der Waals surface area contributed by atoms with Crippen molar-refractivity contribution in [1.29, 1.82) is 0 Å². The Bertz CT molecular complexity index is 1020. The summed E-state index contributed by atoms with van der Waals surface area (Å²) in [6.45, 7) is 0.553. The monoisotopic (exact) mass is 381 g/mol. The number of rotatable bonds is 5. The molecule has 0 bridgehead atoms. The normalized spacial score (nSPS) is 10.3. The molecule has 0 saturated carbocycles. The van der Waals surface area contributed by atoms with Gasteiger partial charge in [-0.05, 0) is 60.5 Å². The molecule has 1 aromatic heterocycles. The maximum absolute atomic E-state index is 13.0. The third-order valence-electron chi connectivity index (χ3n) is 3.62.